The quantitative estimate of drug-likeness (QED) is 0.866. The Kier molecular flexibility index (Phi) is 3.45. The van der Waals surface area contributed by atoms with Crippen molar-refractivity contribution in [1.29, 1.82) is 0 Å². The molecule has 2 aliphatic heterocycles. The van der Waals surface area contributed by atoms with Gasteiger partial charge in [-0.25, -0.2) is 4.98 Å². The van der Waals surface area contributed by atoms with Gasteiger partial charge in [0.1, 0.15) is 11.9 Å². The number of carbonyl (C=O) groups is 1. The summed E-state index contributed by atoms with van der Waals surface area (Å²) in [5.41, 5.74) is -0.0423. The Balaban J connectivity index is 1.82. The Hall–Kier alpha value is -1.14. The van der Waals surface area contributed by atoms with E-state index in [0.717, 1.165) is 42.9 Å². The molecule has 2 aliphatic rings. The van der Waals surface area contributed by atoms with Crippen LogP contribution in [-0.2, 0) is 9.53 Å². The van der Waals surface area contributed by atoms with E-state index in [2.05, 4.69) is 31.5 Å². The minimum absolute atomic E-state index is 0.0423. The maximum absolute atomic E-state index is 12.1. The molecule has 2 N–H and O–H groups in total. The fourth-order valence-electron chi connectivity index (χ4n) is 2.84. The van der Waals surface area contributed by atoms with Crippen LogP contribution in [0.3, 0.4) is 0 Å². The number of amides is 1. The molecule has 0 radical (unpaired) electrons. The molecule has 19 heavy (non-hydrogen) atoms. The molecule has 6 heteroatoms. The molecule has 0 aliphatic carbocycles. The van der Waals surface area contributed by atoms with E-state index in [1.165, 1.54) is 0 Å². The number of halogens is 1. The Morgan fingerprint density at radius 2 is 2.26 bits per heavy atom. The molecule has 2 saturated heterocycles. The second-order valence-corrected chi connectivity index (χ2v) is 6.04. The van der Waals surface area contributed by atoms with Crippen LogP contribution in [0.1, 0.15) is 12.8 Å². The lowest BCUT2D eigenvalue weighted by Gasteiger charge is -2.36. The van der Waals surface area contributed by atoms with Gasteiger partial charge in [-0.05, 0) is 25.0 Å². The zero-order valence-electron chi connectivity index (χ0n) is 10.5. The number of rotatable bonds is 2. The van der Waals surface area contributed by atoms with Gasteiger partial charge in [0, 0.05) is 35.8 Å². The molecular formula is C13H16BrN3O2. The molecule has 3 heterocycles. The Labute approximate surface area is 120 Å². The lowest BCUT2D eigenvalue weighted by Crippen LogP contribution is -2.45. The Bertz CT molecular complexity index is 489. The largest absolute Gasteiger partial charge is 0.381 e. The summed E-state index contributed by atoms with van der Waals surface area (Å²) >= 11 is 3.41. The average molecular weight is 326 g/mol. The number of hydrogen-bond donors (Lipinski definition) is 2. The van der Waals surface area contributed by atoms with Gasteiger partial charge < -0.3 is 15.4 Å². The minimum Gasteiger partial charge on any atom is -0.381 e. The number of nitrogens with zero attached hydrogens (tertiary/aromatic N) is 1. The van der Waals surface area contributed by atoms with Gasteiger partial charge in [0.15, 0.2) is 0 Å². The van der Waals surface area contributed by atoms with Crippen molar-refractivity contribution in [3.05, 3.63) is 22.8 Å². The second-order valence-electron chi connectivity index (χ2n) is 5.13. The first kappa shape index (κ1) is 12.9. The van der Waals surface area contributed by atoms with E-state index < -0.39 is 0 Å². The van der Waals surface area contributed by atoms with Crippen LogP contribution in [0, 0.1) is 5.41 Å². The van der Waals surface area contributed by atoms with Crippen molar-refractivity contribution in [2.75, 3.05) is 25.1 Å². The third-order valence-electron chi connectivity index (χ3n) is 3.99. The van der Waals surface area contributed by atoms with Crippen molar-refractivity contribution in [3.8, 4) is 0 Å². The molecule has 1 aromatic rings. The van der Waals surface area contributed by atoms with E-state index in [1.807, 2.05) is 12.1 Å². The van der Waals surface area contributed by atoms with Gasteiger partial charge >= 0.3 is 0 Å². The third-order valence-corrected chi connectivity index (χ3v) is 4.49. The molecule has 1 amide bonds. The molecule has 5 nitrogen and oxygen atoms in total. The fraction of sp³-hybridized carbons (Fsp3) is 0.538. The van der Waals surface area contributed by atoms with Crippen LogP contribution in [0.25, 0.3) is 0 Å². The maximum Gasteiger partial charge on any atom is 0.243 e. The highest BCUT2D eigenvalue weighted by molar-refractivity contribution is 9.10. The van der Waals surface area contributed by atoms with Crippen molar-refractivity contribution >= 4 is 27.7 Å². The molecule has 1 atom stereocenters. The normalized spacial score (nSPS) is 25.3. The number of carbonyl (C=O) groups excluding carboxylic acids is 1. The van der Waals surface area contributed by atoms with E-state index in [-0.39, 0.29) is 17.4 Å². The Morgan fingerprint density at radius 3 is 3.00 bits per heavy atom. The monoisotopic (exact) mass is 325 g/mol. The van der Waals surface area contributed by atoms with Gasteiger partial charge in [-0.1, -0.05) is 15.9 Å². The second kappa shape index (κ2) is 5.09. The number of pyridine rings is 1. The summed E-state index contributed by atoms with van der Waals surface area (Å²) in [6, 6.07) is 3.53. The third kappa shape index (κ3) is 2.47. The summed E-state index contributed by atoms with van der Waals surface area (Å²) in [6.07, 6.45) is 3.52. The molecule has 0 aromatic carbocycles. The molecule has 2 fully saturated rings. The number of anilines is 1. The van der Waals surface area contributed by atoms with Crippen LogP contribution in [0.5, 0.6) is 0 Å². The molecular weight excluding hydrogens is 310 g/mol. The summed E-state index contributed by atoms with van der Waals surface area (Å²) in [7, 11) is 0. The van der Waals surface area contributed by atoms with Crippen LogP contribution in [0.2, 0.25) is 0 Å². The first-order chi connectivity index (χ1) is 9.20. The van der Waals surface area contributed by atoms with E-state index >= 15 is 0 Å². The van der Waals surface area contributed by atoms with E-state index in [1.54, 1.807) is 6.20 Å². The van der Waals surface area contributed by atoms with Crippen molar-refractivity contribution in [2.45, 2.75) is 18.9 Å². The molecule has 0 bridgehead atoms. The highest BCUT2D eigenvalue weighted by Gasteiger charge is 2.49. The van der Waals surface area contributed by atoms with Gasteiger partial charge in [0.05, 0.1) is 0 Å². The minimum atomic E-state index is -0.224. The van der Waals surface area contributed by atoms with Gasteiger partial charge in [0.2, 0.25) is 5.91 Å². The molecule has 1 spiro atoms. The zero-order valence-corrected chi connectivity index (χ0v) is 12.1. The SMILES string of the molecule is O=C1NCC2(CCOCC2)C1Nc1cc(Br)ccn1. The lowest BCUT2D eigenvalue weighted by atomic mass is 9.76. The summed E-state index contributed by atoms with van der Waals surface area (Å²) in [5, 5.41) is 6.25. The maximum atomic E-state index is 12.1. The average Bonchev–Trinajstić information content (AvgIpc) is 2.69. The standard InChI is InChI=1S/C13H16BrN3O2/c14-9-1-4-15-10(7-9)17-11-12(18)16-8-13(11)2-5-19-6-3-13/h1,4,7,11H,2-3,5-6,8H2,(H,15,17)(H,16,18). The number of aromatic nitrogens is 1. The van der Waals surface area contributed by atoms with E-state index in [0.29, 0.717) is 0 Å². The highest BCUT2D eigenvalue weighted by Crippen LogP contribution is 2.38. The predicted molar refractivity (Wildman–Crippen MR) is 74.8 cm³/mol. The van der Waals surface area contributed by atoms with Crippen molar-refractivity contribution in [3.63, 3.8) is 0 Å². The van der Waals surface area contributed by atoms with E-state index in [9.17, 15) is 4.79 Å². The van der Waals surface area contributed by atoms with Gasteiger partial charge in [-0.2, -0.15) is 0 Å². The molecule has 1 aromatic heterocycles. The first-order valence-corrected chi connectivity index (χ1v) is 7.22. The highest BCUT2D eigenvalue weighted by atomic mass is 79.9. The molecule has 1 unspecified atom stereocenters. The van der Waals surface area contributed by atoms with Crippen LogP contribution >= 0.6 is 15.9 Å². The zero-order chi connectivity index (χ0) is 13.3. The Morgan fingerprint density at radius 1 is 1.47 bits per heavy atom. The van der Waals surface area contributed by atoms with Crippen molar-refractivity contribution in [2.24, 2.45) is 5.41 Å². The van der Waals surface area contributed by atoms with Gasteiger partial charge in [-0.3, -0.25) is 4.79 Å². The summed E-state index contributed by atoms with van der Waals surface area (Å²) in [5.74, 6) is 0.783. The summed E-state index contributed by atoms with van der Waals surface area (Å²) in [6.45, 7) is 2.17. The summed E-state index contributed by atoms with van der Waals surface area (Å²) < 4.78 is 6.37. The number of nitrogens with one attached hydrogen (secondary N) is 2. The van der Waals surface area contributed by atoms with Crippen LogP contribution in [0.15, 0.2) is 22.8 Å². The van der Waals surface area contributed by atoms with E-state index in [4.69, 9.17) is 4.74 Å². The van der Waals surface area contributed by atoms with Crippen molar-refractivity contribution < 1.29 is 9.53 Å². The molecule has 3 rings (SSSR count). The van der Waals surface area contributed by atoms with Gasteiger partial charge in [0.25, 0.3) is 0 Å². The van der Waals surface area contributed by atoms with Crippen LogP contribution < -0.4 is 10.6 Å². The molecule has 102 valence electrons. The van der Waals surface area contributed by atoms with Crippen LogP contribution in [-0.4, -0.2) is 36.7 Å². The number of ether oxygens (including phenoxy) is 1. The fourth-order valence-corrected chi connectivity index (χ4v) is 3.17. The lowest BCUT2D eigenvalue weighted by molar-refractivity contribution is -0.121. The predicted octanol–water partition coefficient (Wildman–Crippen LogP) is 1.55. The van der Waals surface area contributed by atoms with Crippen LogP contribution in [0.4, 0.5) is 5.82 Å². The topological polar surface area (TPSA) is 63.2 Å². The van der Waals surface area contributed by atoms with Crippen molar-refractivity contribution in [1.82, 2.24) is 10.3 Å². The number of hydrogen-bond acceptors (Lipinski definition) is 4. The molecule has 0 saturated carbocycles. The van der Waals surface area contributed by atoms with Gasteiger partial charge in [-0.15, -0.1) is 0 Å². The summed E-state index contributed by atoms with van der Waals surface area (Å²) in [4.78, 5) is 16.3. The first-order valence-electron chi connectivity index (χ1n) is 6.43. The smallest absolute Gasteiger partial charge is 0.243 e.